The average Bonchev–Trinajstić information content (AvgIpc) is 2.96. The Hall–Kier alpha value is -3.41. The Balaban J connectivity index is 2.04. The summed E-state index contributed by atoms with van der Waals surface area (Å²) < 4.78 is 15.0. The van der Waals surface area contributed by atoms with Crippen LogP contribution in [0.1, 0.15) is 0 Å². The quantitative estimate of drug-likeness (QED) is 0.591. The minimum atomic E-state index is -0.379. The average molecular weight is 321 g/mol. The van der Waals surface area contributed by atoms with Crippen molar-refractivity contribution in [2.45, 2.75) is 0 Å². The molecule has 0 atom stereocenters. The van der Waals surface area contributed by atoms with Crippen LogP contribution in [-0.4, -0.2) is 25.2 Å². The van der Waals surface area contributed by atoms with Gasteiger partial charge >= 0.3 is 0 Å². The summed E-state index contributed by atoms with van der Waals surface area (Å²) in [5.41, 5.74) is 1.22. The fraction of sp³-hybridized carbons (Fsp3) is 0. The van der Waals surface area contributed by atoms with Crippen LogP contribution in [0, 0.1) is 5.82 Å². The zero-order chi connectivity index (χ0) is 16.7. The highest BCUT2D eigenvalue weighted by atomic mass is 19.1. The van der Waals surface area contributed by atoms with Crippen LogP contribution >= 0.6 is 0 Å². The standard InChI is InChI=1S/C18H12FN3O2/c19-12-9-8-11-4-3-5-13(14(11)10-12)17-18(24)20-21-22(17)15-6-1-2-7-16(15)23/h1-10,23-24H. The van der Waals surface area contributed by atoms with Gasteiger partial charge in [0.2, 0.25) is 0 Å². The van der Waals surface area contributed by atoms with Crippen molar-refractivity contribution >= 4 is 10.8 Å². The van der Waals surface area contributed by atoms with Gasteiger partial charge in [-0.2, -0.15) is 0 Å². The summed E-state index contributed by atoms with van der Waals surface area (Å²) >= 11 is 0. The third-order valence-corrected chi connectivity index (χ3v) is 3.86. The molecule has 0 aliphatic carbocycles. The van der Waals surface area contributed by atoms with Crippen molar-refractivity contribution < 1.29 is 14.6 Å². The monoisotopic (exact) mass is 321 g/mol. The van der Waals surface area contributed by atoms with E-state index in [-0.39, 0.29) is 23.1 Å². The lowest BCUT2D eigenvalue weighted by Crippen LogP contribution is -2.00. The van der Waals surface area contributed by atoms with Crippen molar-refractivity contribution in [2.24, 2.45) is 0 Å². The van der Waals surface area contributed by atoms with Crippen molar-refractivity contribution in [3.8, 4) is 28.6 Å². The zero-order valence-electron chi connectivity index (χ0n) is 12.4. The van der Waals surface area contributed by atoms with Crippen molar-refractivity contribution in [3.05, 3.63) is 66.5 Å². The van der Waals surface area contributed by atoms with Gasteiger partial charge in [0.1, 0.15) is 22.9 Å². The Morgan fingerprint density at radius 3 is 2.58 bits per heavy atom. The molecule has 0 radical (unpaired) electrons. The van der Waals surface area contributed by atoms with E-state index in [2.05, 4.69) is 10.3 Å². The first-order valence-electron chi connectivity index (χ1n) is 7.27. The van der Waals surface area contributed by atoms with E-state index >= 15 is 0 Å². The molecule has 2 N–H and O–H groups in total. The molecule has 0 saturated carbocycles. The summed E-state index contributed by atoms with van der Waals surface area (Å²) in [6.07, 6.45) is 0. The topological polar surface area (TPSA) is 71.2 Å². The van der Waals surface area contributed by atoms with E-state index in [1.54, 1.807) is 36.4 Å². The van der Waals surface area contributed by atoms with Gasteiger partial charge < -0.3 is 10.2 Å². The first-order valence-corrected chi connectivity index (χ1v) is 7.27. The van der Waals surface area contributed by atoms with Gasteiger partial charge in [-0.25, -0.2) is 9.07 Å². The molecular weight excluding hydrogens is 309 g/mol. The summed E-state index contributed by atoms with van der Waals surface area (Å²) in [6.45, 7) is 0. The number of hydrogen-bond donors (Lipinski definition) is 2. The Morgan fingerprint density at radius 1 is 0.917 bits per heavy atom. The van der Waals surface area contributed by atoms with E-state index in [0.717, 1.165) is 5.39 Å². The molecule has 0 aliphatic heterocycles. The number of nitrogens with zero attached hydrogens (tertiary/aromatic N) is 3. The van der Waals surface area contributed by atoms with E-state index in [1.807, 2.05) is 6.07 Å². The van der Waals surface area contributed by atoms with E-state index < -0.39 is 0 Å². The largest absolute Gasteiger partial charge is 0.506 e. The number of para-hydroxylation sites is 2. The normalized spacial score (nSPS) is 11.0. The number of phenolic OH excluding ortho intramolecular Hbond substituents is 1. The van der Waals surface area contributed by atoms with Crippen LogP contribution in [0.2, 0.25) is 0 Å². The lowest BCUT2D eigenvalue weighted by atomic mass is 10.0. The zero-order valence-corrected chi connectivity index (χ0v) is 12.4. The molecule has 0 bridgehead atoms. The van der Waals surface area contributed by atoms with Crippen LogP contribution in [0.4, 0.5) is 4.39 Å². The Labute approximate surface area is 136 Å². The van der Waals surface area contributed by atoms with Crippen molar-refractivity contribution in [2.75, 3.05) is 0 Å². The summed E-state index contributed by atoms with van der Waals surface area (Å²) in [6, 6.07) is 16.4. The van der Waals surface area contributed by atoms with Crippen LogP contribution in [-0.2, 0) is 0 Å². The second-order valence-electron chi connectivity index (χ2n) is 5.33. The summed E-state index contributed by atoms with van der Waals surface area (Å²) in [7, 11) is 0. The molecule has 0 saturated heterocycles. The van der Waals surface area contributed by atoms with Crippen LogP contribution in [0.15, 0.2) is 60.7 Å². The molecule has 3 aromatic carbocycles. The number of hydrogen-bond acceptors (Lipinski definition) is 4. The number of aromatic nitrogens is 3. The molecule has 4 aromatic rings. The second-order valence-corrected chi connectivity index (χ2v) is 5.33. The summed E-state index contributed by atoms with van der Waals surface area (Å²) in [5, 5.41) is 29.3. The molecule has 6 heteroatoms. The predicted octanol–water partition coefficient (Wildman–Crippen LogP) is 3.64. The molecule has 1 aromatic heterocycles. The highest BCUT2D eigenvalue weighted by Gasteiger charge is 2.19. The lowest BCUT2D eigenvalue weighted by Gasteiger charge is -2.10. The third-order valence-electron chi connectivity index (χ3n) is 3.86. The predicted molar refractivity (Wildman–Crippen MR) is 87.6 cm³/mol. The minimum Gasteiger partial charge on any atom is -0.506 e. The smallest absolute Gasteiger partial charge is 0.259 e. The summed E-state index contributed by atoms with van der Waals surface area (Å²) in [5.74, 6) is -0.680. The van der Waals surface area contributed by atoms with Gasteiger partial charge in [-0.05, 0) is 35.0 Å². The molecule has 1 heterocycles. The molecule has 24 heavy (non-hydrogen) atoms. The Morgan fingerprint density at radius 2 is 1.75 bits per heavy atom. The van der Waals surface area contributed by atoms with Crippen molar-refractivity contribution in [3.63, 3.8) is 0 Å². The van der Waals surface area contributed by atoms with Gasteiger partial charge in [0.15, 0.2) is 0 Å². The molecule has 0 amide bonds. The fourth-order valence-electron chi connectivity index (χ4n) is 2.77. The van der Waals surface area contributed by atoms with Gasteiger partial charge in [-0.15, -0.1) is 0 Å². The fourth-order valence-corrected chi connectivity index (χ4v) is 2.77. The van der Waals surface area contributed by atoms with Crippen molar-refractivity contribution in [1.82, 2.24) is 15.0 Å². The van der Waals surface area contributed by atoms with Gasteiger partial charge in [0, 0.05) is 5.56 Å². The number of phenols is 1. The van der Waals surface area contributed by atoms with Crippen LogP contribution in [0.5, 0.6) is 11.6 Å². The van der Waals surface area contributed by atoms with E-state index in [9.17, 15) is 14.6 Å². The highest BCUT2D eigenvalue weighted by Crippen LogP contribution is 2.36. The molecule has 0 fully saturated rings. The SMILES string of the molecule is Oc1ccccc1-n1nnc(O)c1-c1cccc2ccc(F)cc12. The molecule has 5 nitrogen and oxygen atoms in total. The van der Waals surface area contributed by atoms with Crippen LogP contribution in [0.25, 0.3) is 27.7 Å². The lowest BCUT2D eigenvalue weighted by molar-refractivity contribution is 0.454. The van der Waals surface area contributed by atoms with E-state index in [4.69, 9.17) is 0 Å². The minimum absolute atomic E-state index is 0.00457. The van der Waals surface area contributed by atoms with Crippen LogP contribution < -0.4 is 0 Å². The maximum Gasteiger partial charge on any atom is 0.259 e. The molecule has 4 rings (SSSR count). The second kappa shape index (κ2) is 5.34. The molecule has 0 aliphatic rings. The molecule has 118 valence electrons. The van der Waals surface area contributed by atoms with Gasteiger partial charge in [0.25, 0.3) is 5.88 Å². The number of benzene rings is 3. The van der Waals surface area contributed by atoms with Gasteiger partial charge in [-0.1, -0.05) is 46.7 Å². The summed E-state index contributed by atoms with van der Waals surface area (Å²) in [4.78, 5) is 0. The first kappa shape index (κ1) is 14.2. The van der Waals surface area contributed by atoms with E-state index in [1.165, 1.54) is 22.9 Å². The maximum absolute atomic E-state index is 13.7. The van der Waals surface area contributed by atoms with Crippen LogP contribution in [0.3, 0.4) is 0 Å². The molecule has 0 spiro atoms. The maximum atomic E-state index is 13.7. The number of fused-ring (bicyclic) bond motifs is 1. The van der Waals surface area contributed by atoms with Gasteiger partial charge in [-0.3, -0.25) is 0 Å². The Bertz CT molecular complexity index is 1060. The van der Waals surface area contributed by atoms with Gasteiger partial charge in [0.05, 0.1) is 0 Å². The first-order chi connectivity index (χ1) is 11.6. The number of halogens is 1. The molecular formula is C18H12FN3O2. The Kier molecular flexibility index (Phi) is 3.16. The van der Waals surface area contributed by atoms with Crippen molar-refractivity contribution in [1.29, 1.82) is 0 Å². The van der Waals surface area contributed by atoms with E-state index in [0.29, 0.717) is 16.6 Å². The number of aromatic hydroxyl groups is 2. The molecule has 0 unspecified atom stereocenters. The number of rotatable bonds is 2. The highest BCUT2D eigenvalue weighted by molar-refractivity contribution is 5.97. The third kappa shape index (κ3) is 2.16.